The Balaban J connectivity index is 1.96. The van der Waals surface area contributed by atoms with Gasteiger partial charge in [0.05, 0.1) is 15.9 Å². The molecule has 0 aliphatic rings. The van der Waals surface area contributed by atoms with Crippen molar-refractivity contribution in [1.82, 2.24) is 9.79 Å². The first-order chi connectivity index (χ1) is 13.1. The normalized spacial score (nSPS) is 12.4. The molecule has 0 spiro atoms. The third kappa shape index (κ3) is 5.31. The Labute approximate surface area is 160 Å². The van der Waals surface area contributed by atoms with Crippen molar-refractivity contribution >= 4 is 21.6 Å². The molecule has 2 rings (SSSR count). The fourth-order valence-electron chi connectivity index (χ4n) is 2.27. The highest BCUT2D eigenvalue weighted by molar-refractivity contribution is 7.89. The molecule has 9 nitrogen and oxygen atoms in total. The molecular weight excluding hydrogens is 393 g/mol. The van der Waals surface area contributed by atoms with Crippen LogP contribution in [0.15, 0.2) is 53.4 Å². The molecule has 0 saturated carbocycles. The smallest absolute Gasteiger partial charge is 0.269 e. The first-order valence-electron chi connectivity index (χ1n) is 8.01. The molecule has 0 unspecified atom stereocenters. The second kappa shape index (κ2) is 8.87. The summed E-state index contributed by atoms with van der Waals surface area (Å²) in [6, 6.07) is 9.40. The van der Waals surface area contributed by atoms with Gasteiger partial charge in [-0.2, -0.15) is 0 Å². The zero-order valence-electron chi connectivity index (χ0n) is 15.0. The molecule has 1 N–H and O–H groups in total. The molecule has 0 heterocycles. The number of hydrogen-bond donors (Lipinski definition) is 1. The van der Waals surface area contributed by atoms with Crippen LogP contribution in [-0.4, -0.2) is 37.8 Å². The zero-order chi connectivity index (χ0) is 20.9. The molecule has 0 radical (unpaired) electrons. The van der Waals surface area contributed by atoms with Gasteiger partial charge in [-0.3, -0.25) is 19.7 Å². The van der Waals surface area contributed by atoms with Gasteiger partial charge in [-0.15, -0.1) is 0 Å². The number of nitro groups is 1. The lowest BCUT2D eigenvalue weighted by Crippen LogP contribution is -2.35. The van der Waals surface area contributed by atoms with Crippen LogP contribution in [0.4, 0.5) is 10.1 Å². The fourth-order valence-corrected chi connectivity index (χ4v) is 3.07. The summed E-state index contributed by atoms with van der Waals surface area (Å²) in [6.07, 6.45) is 0. The molecule has 2 aromatic carbocycles. The molecule has 11 heteroatoms. The van der Waals surface area contributed by atoms with Gasteiger partial charge < -0.3 is 4.90 Å². The molecule has 1 atom stereocenters. The minimum absolute atomic E-state index is 0.103. The number of halogens is 1. The van der Waals surface area contributed by atoms with E-state index in [1.54, 1.807) is 17.9 Å². The van der Waals surface area contributed by atoms with Gasteiger partial charge >= 0.3 is 0 Å². The van der Waals surface area contributed by atoms with Gasteiger partial charge in [-0.05, 0) is 36.8 Å². The average molecular weight is 411 g/mol. The first kappa shape index (κ1) is 21.4. The van der Waals surface area contributed by atoms with Gasteiger partial charge in [0.2, 0.25) is 0 Å². The van der Waals surface area contributed by atoms with E-state index in [4.69, 9.17) is 4.84 Å². The molecule has 2 aromatic rings. The number of amides is 1. The number of rotatable bonds is 8. The van der Waals surface area contributed by atoms with Crippen LogP contribution in [0.1, 0.15) is 18.5 Å². The highest BCUT2D eigenvalue weighted by atomic mass is 32.2. The number of carbonyl (C=O) groups is 1. The van der Waals surface area contributed by atoms with Gasteiger partial charge in [-0.1, -0.05) is 17.0 Å². The Morgan fingerprint density at radius 2 is 1.93 bits per heavy atom. The van der Waals surface area contributed by atoms with Crippen LogP contribution < -0.4 is 4.89 Å². The molecule has 28 heavy (non-hydrogen) atoms. The van der Waals surface area contributed by atoms with Crippen molar-refractivity contribution in [2.75, 3.05) is 13.7 Å². The van der Waals surface area contributed by atoms with Crippen molar-refractivity contribution < 1.29 is 27.4 Å². The first-order valence-corrected chi connectivity index (χ1v) is 9.49. The lowest BCUT2D eigenvalue weighted by molar-refractivity contribution is -0.384. The lowest BCUT2D eigenvalue weighted by Gasteiger charge is -2.25. The Hall–Kier alpha value is -2.89. The number of carbonyl (C=O) groups excluding carboxylic acids is 1. The quantitative estimate of drug-likeness (QED) is 0.525. The molecule has 0 aliphatic heterocycles. The van der Waals surface area contributed by atoms with Gasteiger partial charge in [0.25, 0.3) is 21.6 Å². The van der Waals surface area contributed by atoms with Crippen LogP contribution >= 0.6 is 0 Å². The van der Waals surface area contributed by atoms with E-state index < -0.39 is 39.3 Å². The summed E-state index contributed by atoms with van der Waals surface area (Å²) in [6.45, 7) is 1.07. The number of nitrogens with one attached hydrogen (secondary N) is 1. The van der Waals surface area contributed by atoms with E-state index in [-0.39, 0.29) is 10.6 Å². The summed E-state index contributed by atoms with van der Waals surface area (Å²) in [7, 11) is -2.61. The Kier molecular flexibility index (Phi) is 6.78. The third-order valence-electron chi connectivity index (χ3n) is 4.03. The van der Waals surface area contributed by atoms with E-state index in [0.717, 1.165) is 24.3 Å². The summed E-state index contributed by atoms with van der Waals surface area (Å²) in [5.74, 6) is -1.15. The number of sulfonamides is 1. The van der Waals surface area contributed by atoms with E-state index in [1.165, 1.54) is 30.1 Å². The van der Waals surface area contributed by atoms with Crippen molar-refractivity contribution in [2.45, 2.75) is 17.9 Å². The van der Waals surface area contributed by atoms with E-state index in [1.807, 2.05) is 0 Å². The summed E-state index contributed by atoms with van der Waals surface area (Å²) >= 11 is 0. The fraction of sp³-hybridized carbons (Fsp3) is 0.235. The molecule has 0 bridgehead atoms. The second-order valence-corrected chi connectivity index (χ2v) is 7.51. The maximum atomic E-state index is 12.9. The maximum absolute atomic E-state index is 12.9. The third-order valence-corrected chi connectivity index (χ3v) is 5.26. The molecule has 0 aromatic heterocycles. The molecule has 0 saturated heterocycles. The van der Waals surface area contributed by atoms with Crippen molar-refractivity contribution in [1.29, 1.82) is 0 Å². The summed E-state index contributed by atoms with van der Waals surface area (Å²) in [5.41, 5.74) is 0.436. The summed E-state index contributed by atoms with van der Waals surface area (Å²) in [5, 5.41) is 10.9. The van der Waals surface area contributed by atoms with Crippen LogP contribution in [0.25, 0.3) is 0 Å². The van der Waals surface area contributed by atoms with Gasteiger partial charge in [0.1, 0.15) is 12.4 Å². The van der Waals surface area contributed by atoms with Crippen LogP contribution in [0.3, 0.4) is 0 Å². The minimum Gasteiger partial charge on any atom is -0.337 e. The second-order valence-electron chi connectivity index (χ2n) is 5.86. The summed E-state index contributed by atoms with van der Waals surface area (Å²) < 4.78 is 36.9. The van der Waals surface area contributed by atoms with Crippen LogP contribution in [-0.2, 0) is 19.7 Å². The molecule has 0 fully saturated rings. The highest BCUT2D eigenvalue weighted by Gasteiger charge is 2.21. The van der Waals surface area contributed by atoms with E-state index >= 15 is 0 Å². The average Bonchev–Trinajstić information content (AvgIpc) is 2.67. The van der Waals surface area contributed by atoms with Crippen LogP contribution in [0.2, 0.25) is 0 Å². The van der Waals surface area contributed by atoms with E-state index in [9.17, 15) is 27.7 Å². The van der Waals surface area contributed by atoms with Crippen molar-refractivity contribution in [3.63, 3.8) is 0 Å². The van der Waals surface area contributed by atoms with Crippen molar-refractivity contribution in [2.24, 2.45) is 0 Å². The van der Waals surface area contributed by atoms with Gasteiger partial charge in [0.15, 0.2) is 0 Å². The van der Waals surface area contributed by atoms with Gasteiger partial charge in [-0.25, -0.2) is 12.8 Å². The number of non-ortho nitro benzene ring substituents is 1. The standard InChI is InChI=1S/C17H18FN3O6S/c1-12(13-4-3-5-15(10-13)21(23)24)20(2)17(22)11-27-19-28(25,26)16-8-6-14(18)7-9-16/h3-10,12,19H,11H2,1-2H3/t12-/m0/s1. The Bertz CT molecular complexity index is 965. The number of likely N-dealkylation sites (N-methyl/N-ethyl adjacent to an activating group) is 1. The van der Waals surface area contributed by atoms with Crippen molar-refractivity contribution in [3.05, 3.63) is 70.0 Å². The topological polar surface area (TPSA) is 119 Å². The van der Waals surface area contributed by atoms with Crippen molar-refractivity contribution in [3.8, 4) is 0 Å². The van der Waals surface area contributed by atoms with Gasteiger partial charge in [0, 0.05) is 19.2 Å². The molecule has 1 amide bonds. The highest BCUT2D eigenvalue weighted by Crippen LogP contribution is 2.23. The minimum atomic E-state index is -4.07. The van der Waals surface area contributed by atoms with Crippen LogP contribution in [0.5, 0.6) is 0 Å². The molecular formula is C17H18FN3O6S. The number of benzene rings is 2. The summed E-state index contributed by atoms with van der Waals surface area (Å²) in [4.78, 5) is 30.2. The van der Waals surface area contributed by atoms with E-state index in [2.05, 4.69) is 0 Å². The number of nitro benzene ring substituents is 1. The monoisotopic (exact) mass is 411 g/mol. The number of hydrogen-bond acceptors (Lipinski definition) is 6. The van der Waals surface area contributed by atoms with E-state index in [0.29, 0.717) is 5.56 Å². The Morgan fingerprint density at radius 1 is 1.29 bits per heavy atom. The largest absolute Gasteiger partial charge is 0.337 e. The SMILES string of the molecule is C[C@@H](c1cccc([N+](=O)[O-])c1)N(C)C(=O)CONS(=O)(=O)c1ccc(F)cc1. The predicted molar refractivity (Wildman–Crippen MR) is 97.0 cm³/mol. The maximum Gasteiger partial charge on any atom is 0.269 e. The van der Waals surface area contributed by atoms with Crippen LogP contribution in [0, 0.1) is 15.9 Å². The zero-order valence-corrected chi connectivity index (χ0v) is 15.8. The molecule has 150 valence electrons. The number of nitrogens with zero attached hydrogens (tertiary/aromatic N) is 2. The predicted octanol–water partition coefficient (Wildman–Crippen LogP) is 2.16. The Morgan fingerprint density at radius 3 is 2.54 bits per heavy atom. The molecule has 0 aliphatic carbocycles. The lowest BCUT2D eigenvalue weighted by atomic mass is 10.1.